The minimum absolute atomic E-state index is 1.05. The van der Waals surface area contributed by atoms with Crippen molar-refractivity contribution < 1.29 is 0 Å². The topological polar surface area (TPSA) is 24.9 Å². The molecule has 17 heavy (non-hydrogen) atoms. The number of benzene rings is 1. The highest BCUT2D eigenvalue weighted by Crippen LogP contribution is 2.14. The highest BCUT2D eigenvalue weighted by molar-refractivity contribution is 5.79. The Hall–Kier alpha value is -1.41. The summed E-state index contributed by atoms with van der Waals surface area (Å²) in [5.41, 5.74) is 3.55. The van der Waals surface area contributed by atoms with Gasteiger partial charge in [0.1, 0.15) is 0 Å². The van der Waals surface area contributed by atoms with Crippen molar-refractivity contribution in [3.05, 3.63) is 41.6 Å². The van der Waals surface area contributed by atoms with E-state index in [2.05, 4.69) is 47.6 Å². The molecule has 0 unspecified atom stereocenters. The fourth-order valence-corrected chi connectivity index (χ4v) is 1.97. The monoisotopic (exact) mass is 228 g/mol. The van der Waals surface area contributed by atoms with Crippen molar-refractivity contribution in [3.8, 4) is 0 Å². The van der Waals surface area contributed by atoms with Gasteiger partial charge in [0.05, 0.1) is 5.52 Å². The number of hydrogen-bond acceptors (Lipinski definition) is 2. The van der Waals surface area contributed by atoms with E-state index >= 15 is 0 Å². The molecule has 0 radical (unpaired) electrons. The molecule has 0 spiro atoms. The molecule has 2 nitrogen and oxygen atoms in total. The van der Waals surface area contributed by atoms with Gasteiger partial charge in [0.25, 0.3) is 0 Å². The molecule has 0 aliphatic heterocycles. The largest absolute Gasteiger partial charge is 0.316 e. The van der Waals surface area contributed by atoms with Gasteiger partial charge in [0, 0.05) is 11.1 Å². The summed E-state index contributed by atoms with van der Waals surface area (Å²) in [7, 11) is 0. The Labute approximate surface area is 103 Å². The average Bonchev–Trinajstić information content (AvgIpc) is 2.35. The van der Waals surface area contributed by atoms with Crippen LogP contribution in [0.3, 0.4) is 0 Å². The van der Waals surface area contributed by atoms with E-state index in [0.29, 0.717) is 0 Å². The number of rotatable bonds is 5. The molecule has 2 heteroatoms. The Morgan fingerprint density at radius 2 is 2.00 bits per heavy atom. The van der Waals surface area contributed by atoms with Gasteiger partial charge < -0.3 is 5.32 Å². The first-order valence-corrected chi connectivity index (χ1v) is 6.36. The standard InChI is InChI=1S/C15H20N2/c1-3-9-16-10-8-13-5-7-15-14(11-13)6-4-12(2)17-15/h4-7,11,16H,3,8-10H2,1-2H3. The van der Waals surface area contributed by atoms with Gasteiger partial charge in [0.2, 0.25) is 0 Å². The number of nitrogens with zero attached hydrogens (tertiary/aromatic N) is 1. The predicted molar refractivity (Wildman–Crippen MR) is 73.3 cm³/mol. The summed E-state index contributed by atoms with van der Waals surface area (Å²) in [5.74, 6) is 0. The second kappa shape index (κ2) is 5.78. The number of pyridine rings is 1. The first kappa shape index (κ1) is 12.1. The second-order valence-corrected chi connectivity index (χ2v) is 4.48. The summed E-state index contributed by atoms with van der Waals surface area (Å²) in [6.45, 7) is 6.38. The van der Waals surface area contributed by atoms with E-state index in [-0.39, 0.29) is 0 Å². The van der Waals surface area contributed by atoms with Gasteiger partial charge in [-0.25, -0.2) is 0 Å². The number of fused-ring (bicyclic) bond motifs is 1. The minimum Gasteiger partial charge on any atom is -0.316 e. The molecule has 0 fully saturated rings. The zero-order chi connectivity index (χ0) is 12.1. The molecular formula is C15H20N2. The van der Waals surface area contributed by atoms with E-state index in [4.69, 9.17) is 0 Å². The highest BCUT2D eigenvalue weighted by atomic mass is 14.8. The molecular weight excluding hydrogens is 208 g/mol. The van der Waals surface area contributed by atoms with E-state index in [9.17, 15) is 0 Å². The summed E-state index contributed by atoms with van der Waals surface area (Å²) >= 11 is 0. The summed E-state index contributed by atoms with van der Waals surface area (Å²) in [6.07, 6.45) is 2.28. The fraction of sp³-hybridized carbons (Fsp3) is 0.400. The van der Waals surface area contributed by atoms with Crippen LogP contribution in [0.2, 0.25) is 0 Å². The van der Waals surface area contributed by atoms with Crippen molar-refractivity contribution in [2.45, 2.75) is 26.7 Å². The van der Waals surface area contributed by atoms with Gasteiger partial charge in [-0.2, -0.15) is 0 Å². The molecule has 0 atom stereocenters. The molecule has 0 saturated heterocycles. The van der Waals surface area contributed by atoms with Gasteiger partial charge in [-0.15, -0.1) is 0 Å². The maximum Gasteiger partial charge on any atom is 0.0705 e. The zero-order valence-corrected chi connectivity index (χ0v) is 10.7. The van der Waals surface area contributed by atoms with Crippen molar-refractivity contribution in [1.29, 1.82) is 0 Å². The van der Waals surface area contributed by atoms with Gasteiger partial charge in [0.15, 0.2) is 0 Å². The summed E-state index contributed by atoms with van der Waals surface area (Å²) in [4.78, 5) is 4.51. The fourth-order valence-electron chi connectivity index (χ4n) is 1.97. The third kappa shape index (κ3) is 3.27. The van der Waals surface area contributed by atoms with E-state index in [1.165, 1.54) is 17.4 Å². The molecule has 0 aliphatic rings. The van der Waals surface area contributed by atoms with Crippen LogP contribution in [0.5, 0.6) is 0 Å². The van der Waals surface area contributed by atoms with Crippen LogP contribution in [0.4, 0.5) is 0 Å². The maximum absolute atomic E-state index is 4.51. The van der Waals surface area contributed by atoms with Crippen LogP contribution < -0.4 is 5.32 Å². The number of nitrogens with one attached hydrogen (secondary N) is 1. The SMILES string of the molecule is CCCNCCc1ccc2nc(C)ccc2c1. The van der Waals surface area contributed by atoms with Crippen LogP contribution in [-0.4, -0.2) is 18.1 Å². The van der Waals surface area contributed by atoms with Crippen molar-refractivity contribution in [3.63, 3.8) is 0 Å². The first-order valence-electron chi connectivity index (χ1n) is 6.36. The highest BCUT2D eigenvalue weighted by Gasteiger charge is 1.98. The van der Waals surface area contributed by atoms with E-state index in [0.717, 1.165) is 30.7 Å². The molecule has 0 amide bonds. The van der Waals surface area contributed by atoms with Crippen molar-refractivity contribution in [2.24, 2.45) is 0 Å². The predicted octanol–water partition coefficient (Wildman–Crippen LogP) is 3.09. The van der Waals surface area contributed by atoms with Crippen LogP contribution in [0, 0.1) is 6.92 Å². The van der Waals surface area contributed by atoms with Gasteiger partial charge in [-0.05, 0) is 56.6 Å². The lowest BCUT2D eigenvalue weighted by atomic mass is 10.1. The molecule has 2 rings (SSSR count). The summed E-state index contributed by atoms with van der Waals surface area (Å²) in [6, 6.07) is 10.8. The van der Waals surface area contributed by atoms with Crippen LogP contribution in [-0.2, 0) is 6.42 Å². The lowest BCUT2D eigenvalue weighted by molar-refractivity contribution is 0.671. The lowest BCUT2D eigenvalue weighted by Gasteiger charge is -2.05. The third-order valence-electron chi connectivity index (χ3n) is 2.91. The zero-order valence-electron chi connectivity index (χ0n) is 10.7. The van der Waals surface area contributed by atoms with Crippen molar-refractivity contribution in [1.82, 2.24) is 10.3 Å². The Bertz CT molecular complexity index is 491. The summed E-state index contributed by atoms with van der Waals surface area (Å²) < 4.78 is 0. The molecule has 90 valence electrons. The number of hydrogen-bond donors (Lipinski definition) is 1. The van der Waals surface area contributed by atoms with Crippen molar-refractivity contribution in [2.75, 3.05) is 13.1 Å². The summed E-state index contributed by atoms with van der Waals surface area (Å²) in [5, 5.41) is 4.66. The van der Waals surface area contributed by atoms with Crippen LogP contribution >= 0.6 is 0 Å². The molecule has 0 bridgehead atoms. The first-order chi connectivity index (χ1) is 8.29. The Kier molecular flexibility index (Phi) is 4.10. The Morgan fingerprint density at radius 3 is 2.82 bits per heavy atom. The minimum atomic E-state index is 1.05. The third-order valence-corrected chi connectivity index (χ3v) is 2.91. The van der Waals surface area contributed by atoms with Gasteiger partial charge in [-0.1, -0.05) is 19.1 Å². The molecule has 2 aromatic rings. The molecule has 1 aromatic carbocycles. The van der Waals surface area contributed by atoms with Crippen LogP contribution in [0.15, 0.2) is 30.3 Å². The number of aryl methyl sites for hydroxylation is 1. The second-order valence-electron chi connectivity index (χ2n) is 4.48. The molecule has 0 saturated carbocycles. The average molecular weight is 228 g/mol. The van der Waals surface area contributed by atoms with Crippen LogP contribution in [0.25, 0.3) is 10.9 Å². The lowest BCUT2D eigenvalue weighted by Crippen LogP contribution is -2.17. The molecule has 1 N–H and O–H groups in total. The smallest absolute Gasteiger partial charge is 0.0705 e. The molecule has 1 heterocycles. The van der Waals surface area contributed by atoms with E-state index in [1.807, 2.05) is 6.92 Å². The maximum atomic E-state index is 4.51. The molecule has 0 aliphatic carbocycles. The molecule has 1 aromatic heterocycles. The van der Waals surface area contributed by atoms with E-state index in [1.54, 1.807) is 0 Å². The number of aromatic nitrogens is 1. The Balaban J connectivity index is 2.07. The normalized spacial score (nSPS) is 10.9. The quantitative estimate of drug-likeness (QED) is 0.795. The van der Waals surface area contributed by atoms with E-state index < -0.39 is 0 Å². The van der Waals surface area contributed by atoms with Crippen molar-refractivity contribution >= 4 is 10.9 Å². The van der Waals surface area contributed by atoms with Gasteiger partial charge >= 0.3 is 0 Å². The Morgan fingerprint density at radius 1 is 1.12 bits per heavy atom. The van der Waals surface area contributed by atoms with Crippen LogP contribution in [0.1, 0.15) is 24.6 Å². The van der Waals surface area contributed by atoms with Gasteiger partial charge in [-0.3, -0.25) is 4.98 Å².